The number of carbonyl (C=O) groups excluding carboxylic acids is 1. The van der Waals surface area contributed by atoms with Gasteiger partial charge in [-0.15, -0.1) is 0 Å². The van der Waals surface area contributed by atoms with Crippen LogP contribution in [0.4, 0.5) is 0 Å². The topological polar surface area (TPSA) is 85.4 Å². The largest absolute Gasteiger partial charge is 0.493 e. The zero-order valence-electron chi connectivity index (χ0n) is 21.1. The molecule has 1 aromatic heterocycles. The summed E-state index contributed by atoms with van der Waals surface area (Å²) in [5.74, 6) is 2.52. The van der Waals surface area contributed by atoms with Crippen LogP contribution >= 0.6 is 23.2 Å². The van der Waals surface area contributed by atoms with Crippen LogP contribution in [0.5, 0.6) is 11.5 Å². The summed E-state index contributed by atoms with van der Waals surface area (Å²) in [6, 6.07) is 11.9. The third-order valence-corrected chi connectivity index (χ3v) is 7.37. The van der Waals surface area contributed by atoms with Gasteiger partial charge in [0.25, 0.3) is 0 Å². The van der Waals surface area contributed by atoms with Crippen LogP contribution in [0, 0.1) is 5.92 Å². The molecule has 0 radical (unpaired) electrons. The van der Waals surface area contributed by atoms with Gasteiger partial charge in [-0.1, -0.05) is 35.3 Å². The summed E-state index contributed by atoms with van der Waals surface area (Å²) in [6.07, 6.45) is 7.33. The van der Waals surface area contributed by atoms with Crippen molar-refractivity contribution in [2.24, 2.45) is 5.92 Å². The van der Waals surface area contributed by atoms with Gasteiger partial charge in [0.2, 0.25) is 5.91 Å². The molecular weight excluding hydrogens is 511 g/mol. The Morgan fingerprint density at radius 1 is 1.03 bits per heavy atom. The van der Waals surface area contributed by atoms with Crippen molar-refractivity contribution in [3.05, 3.63) is 70.2 Å². The second kappa shape index (κ2) is 13.1. The molecule has 9 heteroatoms. The van der Waals surface area contributed by atoms with Crippen LogP contribution in [0.3, 0.4) is 0 Å². The monoisotopic (exact) mass is 542 g/mol. The van der Waals surface area contributed by atoms with Crippen molar-refractivity contribution in [1.82, 2.24) is 20.6 Å². The molecule has 4 rings (SSSR count). The van der Waals surface area contributed by atoms with E-state index in [1.807, 2.05) is 36.4 Å². The Morgan fingerprint density at radius 2 is 1.81 bits per heavy atom. The Hall–Kier alpha value is -2.87. The van der Waals surface area contributed by atoms with E-state index in [2.05, 4.69) is 20.6 Å². The van der Waals surface area contributed by atoms with Crippen molar-refractivity contribution >= 4 is 29.1 Å². The number of halogens is 2. The van der Waals surface area contributed by atoms with E-state index >= 15 is 0 Å². The first-order valence-corrected chi connectivity index (χ1v) is 13.2. The van der Waals surface area contributed by atoms with Gasteiger partial charge in [-0.2, -0.15) is 0 Å². The second-order valence-corrected chi connectivity index (χ2v) is 10.1. The fraction of sp³-hybridized carbons (Fsp3) is 0.393. The molecule has 0 saturated carbocycles. The van der Waals surface area contributed by atoms with Crippen LogP contribution in [-0.4, -0.2) is 49.2 Å². The van der Waals surface area contributed by atoms with Gasteiger partial charge in [-0.05, 0) is 67.1 Å². The molecule has 0 unspecified atom stereocenters. The maximum atomic E-state index is 12.3. The van der Waals surface area contributed by atoms with Crippen molar-refractivity contribution in [3.63, 3.8) is 0 Å². The third-order valence-electron chi connectivity index (χ3n) is 6.63. The molecule has 0 spiro atoms. The van der Waals surface area contributed by atoms with Crippen LogP contribution < -0.4 is 20.1 Å². The molecule has 0 aliphatic carbocycles. The van der Waals surface area contributed by atoms with Crippen molar-refractivity contribution in [2.45, 2.75) is 38.1 Å². The highest BCUT2D eigenvalue weighted by molar-refractivity contribution is 6.42. The van der Waals surface area contributed by atoms with E-state index in [0.29, 0.717) is 58.7 Å². The van der Waals surface area contributed by atoms with Gasteiger partial charge < -0.3 is 20.1 Å². The fourth-order valence-electron chi connectivity index (χ4n) is 4.63. The summed E-state index contributed by atoms with van der Waals surface area (Å²) in [5.41, 5.74) is 3.01. The summed E-state index contributed by atoms with van der Waals surface area (Å²) >= 11 is 12.2. The maximum Gasteiger partial charge on any atom is 0.220 e. The van der Waals surface area contributed by atoms with Crippen molar-refractivity contribution in [2.75, 3.05) is 27.3 Å². The molecule has 2 N–H and O–H groups in total. The number of aryl methyl sites for hydroxylation is 1. The number of nitrogens with one attached hydrogen (secondary N) is 2. The molecule has 7 nitrogen and oxygen atoms in total. The average molecular weight is 543 g/mol. The Bertz CT molecular complexity index is 1210. The Labute approximate surface area is 227 Å². The van der Waals surface area contributed by atoms with Gasteiger partial charge in [-0.3, -0.25) is 4.79 Å². The summed E-state index contributed by atoms with van der Waals surface area (Å²) in [4.78, 5) is 21.2. The fourth-order valence-corrected chi connectivity index (χ4v) is 4.95. The molecule has 1 aliphatic heterocycles. The number of methoxy groups -OCH3 is 2. The first-order valence-electron chi connectivity index (χ1n) is 12.4. The van der Waals surface area contributed by atoms with Crippen LogP contribution in [0.2, 0.25) is 10.0 Å². The van der Waals surface area contributed by atoms with Gasteiger partial charge >= 0.3 is 0 Å². The molecule has 3 aromatic rings. The summed E-state index contributed by atoms with van der Waals surface area (Å²) < 4.78 is 10.7. The van der Waals surface area contributed by atoms with Crippen LogP contribution in [-0.2, 0) is 17.6 Å². The van der Waals surface area contributed by atoms with Crippen LogP contribution in [0.15, 0.2) is 48.8 Å². The van der Waals surface area contributed by atoms with Crippen molar-refractivity contribution in [1.29, 1.82) is 0 Å². The van der Waals surface area contributed by atoms with E-state index in [-0.39, 0.29) is 5.91 Å². The highest BCUT2D eigenvalue weighted by atomic mass is 35.5. The lowest BCUT2D eigenvalue weighted by Gasteiger charge is -2.12. The molecular formula is C28H32Cl2N4O3. The van der Waals surface area contributed by atoms with Crippen LogP contribution in [0.25, 0.3) is 11.1 Å². The van der Waals surface area contributed by atoms with E-state index in [0.717, 1.165) is 36.9 Å². The number of aromatic nitrogens is 2. The number of rotatable bonds is 11. The van der Waals surface area contributed by atoms with Gasteiger partial charge in [0.05, 0.1) is 24.3 Å². The molecule has 37 heavy (non-hydrogen) atoms. The minimum absolute atomic E-state index is 0.0120. The Kier molecular flexibility index (Phi) is 9.61. The standard InChI is InChI=1S/C28H32Cl2N4O3/c1-36-25-6-4-20(14-26(25)37-2)21-16-33-27(34-17-21)7-8-28(35)31-10-9-22-12-19(15-32-22)11-18-3-5-23(29)24(30)13-18/h3-6,13-14,16-17,19,22,32H,7-12,15H2,1-2H3,(H,31,35)/t19-,22-/m1/s1. The molecule has 1 aliphatic rings. The first-order chi connectivity index (χ1) is 17.9. The lowest BCUT2D eigenvalue weighted by atomic mass is 9.96. The lowest BCUT2D eigenvalue weighted by Crippen LogP contribution is -2.30. The normalized spacial score (nSPS) is 17.0. The van der Waals surface area contributed by atoms with Gasteiger partial charge in [-0.25, -0.2) is 9.97 Å². The first kappa shape index (κ1) is 27.2. The molecule has 2 atom stereocenters. The predicted molar refractivity (Wildman–Crippen MR) is 147 cm³/mol. The average Bonchev–Trinajstić information content (AvgIpc) is 3.36. The van der Waals surface area contributed by atoms with E-state index in [1.165, 1.54) is 5.56 Å². The molecule has 1 amide bonds. The molecule has 1 saturated heterocycles. The van der Waals surface area contributed by atoms with Crippen molar-refractivity contribution < 1.29 is 14.3 Å². The maximum absolute atomic E-state index is 12.3. The molecule has 2 aromatic carbocycles. The Balaban J connectivity index is 1.16. The number of hydrogen-bond donors (Lipinski definition) is 2. The van der Waals surface area contributed by atoms with E-state index in [9.17, 15) is 4.79 Å². The quantitative estimate of drug-likeness (QED) is 0.349. The minimum Gasteiger partial charge on any atom is -0.493 e. The molecule has 196 valence electrons. The van der Waals surface area contributed by atoms with E-state index in [1.54, 1.807) is 26.6 Å². The Morgan fingerprint density at radius 3 is 2.54 bits per heavy atom. The van der Waals surface area contributed by atoms with E-state index in [4.69, 9.17) is 32.7 Å². The predicted octanol–water partition coefficient (Wildman–Crippen LogP) is 5.13. The number of carbonyl (C=O) groups is 1. The van der Waals surface area contributed by atoms with Gasteiger partial charge in [0.1, 0.15) is 5.82 Å². The zero-order valence-corrected chi connectivity index (χ0v) is 22.6. The van der Waals surface area contributed by atoms with Crippen molar-refractivity contribution in [3.8, 4) is 22.6 Å². The number of amides is 1. The second-order valence-electron chi connectivity index (χ2n) is 9.26. The molecule has 0 bridgehead atoms. The summed E-state index contributed by atoms with van der Waals surface area (Å²) in [5, 5.41) is 7.78. The highest BCUT2D eigenvalue weighted by Gasteiger charge is 2.24. The number of ether oxygens (including phenoxy) is 2. The summed E-state index contributed by atoms with van der Waals surface area (Å²) in [7, 11) is 3.21. The lowest BCUT2D eigenvalue weighted by molar-refractivity contribution is -0.121. The summed E-state index contributed by atoms with van der Waals surface area (Å²) in [6.45, 7) is 1.62. The van der Waals surface area contributed by atoms with E-state index < -0.39 is 0 Å². The number of benzene rings is 2. The SMILES string of the molecule is COc1ccc(-c2cnc(CCC(=O)NCC[C@@H]3C[C@@H](Cc4ccc(Cl)c(Cl)c4)CN3)nc2)cc1OC. The van der Waals surface area contributed by atoms with Gasteiger partial charge in [0, 0.05) is 43.4 Å². The third kappa shape index (κ3) is 7.57. The number of nitrogens with zero attached hydrogens (tertiary/aromatic N) is 2. The molecule has 2 heterocycles. The van der Waals surface area contributed by atoms with Crippen LogP contribution in [0.1, 0.15) is 30.7 Å². The number of hydrogen-bond acceptors (Lipinski definition) is 6. The minimum atomic E-state index is 0.0120. The smallest absolute Gasteiger partial charge is 0.220 e. The highest BCUT2D eigenvalue weighted by Crippen LogP contribution is 2.32. The molecule has 1 fully saturated rings. The van der Waals surface area contributed by atoms with Gasteiger partial charge in [0.15, 0.2) is 11.5 Å². The zero-order chi connectivity index (χ0) is 26.2.